The van der Waals surface area contributed by atoms with Crippen molar-refractivity contribution in [1.29, 1.82) is 0 Å². The lowest BCUT2D eigenvalue weighted by Crippen LogP contribution is -2.36. The summed E-state index contributed by atoms with van der Waals surface area (Å²) in [6, 6.07) is 4.54. The number of amides is 2. The molecule has 2 rings (SSSR count). The SMILES string of the molecule is CCOc1cc(CNC2CC(=O)N(C)C2=O)ccc1O. The second kappa shape index (κ2) is 5.92. The van der Waals surface area contributed by atoms with Gasteiger partial charge in [0, 0.05) is 13.6 Å². The van der Waals surface area contributed by atoms with Gasteiger partial charge < -0.3 is 15.2 Å². The molecule has 1 atom stereocenters. The molecule has 0 spiro atoms. The highest BCUT2D eigenvalue weighted by Gasteiger charge is 2.35. The number of hydrogen-bond acceptors (Lipinski definition) is 5. The Morgan fingerprint density at radius 3 is 2.80 bits per heavy atom. The van der Waals surface area contributed by atoms with Crippen LogP contribution >= 0.6 is 0 Å². The fourth-order valence-corrected chi connectivity index (χ4v) is 2.10. The summed E-state index contributed by atoms with van der Waals surface area (Å²) in [5.41, 5.74) is 0.876. The number of rotatable bonds is 5. The number of hydrogen-bond donors (Lipinski definition) is 2. The van der Waals surface area contributed by atoms with E-state index in [-0.39, 0.29) is 24.0 Å². The zero-order valence-corrected chi connectivity index (χ0v) is 11.5. The first-order valence-electron chi connectivity index (χ1n) is 6.51. The number of aromatic hydroxyl groups is 1. The van der Waals surface area contributed by atoms with Crippen molar-refractivity contribution in [3.8, 4) is 11.5 Å². The van der Waals surface area contributed by atoms with Crippen molar-refractivity contribution in [3.63, 3.8) is 0 Å². The average molecular weight is 278 g/mol. The van der Waals surface area contributed by atoms with E-state index < -0.39 is 6.04 Å². The Hall–Kier alpha value is -2.08. The molecule has 1 aliphatic rings. The highest BCUT2D eigenvalue weighted by molar-refractivity contribution is 6.05. The second-order valence-corrected chi connectivity index (χ2v) is 4.66. The van der Waals surface area contributed by atoms with E-state index in [2.05, 4.69) is 5.32 Å². The predicted octanol–water partition coefficient (Wildman–Crippen LogP) is 0.638. The van der Waals surface area contributed by atoms with Crippen molar-refractivity contribution in [2.45, 2.75) is 25.9 Å². The van der Waals surface area contributed by atoms with Crippen LogP contribution in [0.25, 0.3) is 0 Å². The first-order valence-corrected chi connectivity index (χ1v) is 6.51. The third-order valence-corrected chi connectivity index (χ3v) is 3.26. The number of carbonyl (C=O) groups excluding carboxylic acids is 2. The summed E-state index contributed by atoms with van der Waals surface area (Å²) in [5.74, 6) is 0.118. The molecule has 1 aromatic carbocycles. The first-order chi connectivity index (χ1) is 9.52. The highest BCUT2D eigenvalue weighted by Crippen LogP contribution is 2.26. The lowest BCUT2D eigenvalue weighted by atomic mass is 10.1. The molecule has 6 nitrogen and oxygen atoms in total. The number of likely N-dealkylation sites (tertiary alicyclic amines) is 1. The molecular weight excluding hydrogens is 260 g/mol. The van der Waals surface area contributed by atoms with Gasteiger partial charge in [-0.05, 0) is 24.6 Å². The van der Waals surface area contributed by atoms with Gasteiger partial charge in [0.2, 0.25) is 11.8 Å². The summed E-state index contributed by atoms with van der Waals surface area (Å²) in [6.45, 7) is 2.73. The van der Waals surface area contributed by atoms with Gasteiger partial charge in [0.25, 0.3) is 0 Å². The van der Waals surface area contributed by atoms with Crippen molar-refractivity contribution in [2.24, 2.45) is 0 Å². The minimum atomic E-state index is -0.475. The van der Waals surface area contributed by atoms with Gasteiger partial charge >= 0.3 is 0 Å². The topological polar surface area (TPSA) is 78.9 Å². The van der Waals surface area contributed by atoms with E-state index in [1.165, 1.54) is 7.05 Å². The number of ether oxygens (including phenoxy) is 1. The largest absolute Gasteiger partial charge is 0.504 e. The lowest BCUT2D eigenvalue weighted by molar-refractivity contribution is -0.137. The molecule has 2 N–H and O–H groups in total. The van der Waals surface area contributed by atoms with Gasteiger partial charge in [-0.2, -0.15) is 0 Å². The Morgan fingerprint density at radius 1 is 1.45 bits per heavy atom. The lowest BCUT2D eigenvalue weighted by Gasteiger charge is -2.12. The predicted molar refractivity (Wildman–Crippen MR) is 72.3 cm³/mol. The van der Waals surface area contributed by atoms with Crippen molar-refractivity contribution < 1.29 is 19.4 Å². The molecule has 1 unspecified atom stereocenters. The molecule has 2 amide bonds. The molecule has 1 saturated heterocycles. The Labute approximate surface area is 117 Å². The standard InChI is InChI=1S/C14H18N2O4/c1-3-20-12-6-9(4-5-11(12)17)8-15-10-7-13(18)16(2)14(10)19/h4-6,10,15,17H,3,7-8H2,1-2H3. The maximum absolute atomic E-state index is 11.7. The van der Waals surface area contributed by atoms with E-state index in [9.17, 15) is 14.7 Å². The third-order valence-electron chi connectivity index (χ3n) is 3.26. The Kier molecular flexibility index (Phi) is 4.24. The fourth-order valence-electron chi connectivity index (χ4n) is 2.10. The van der Waals surface area contributed by atoms with Crippen molar-refractivity contribution in [2.75, 3.05) is 13.7 Å². The number of carbonyl (C=O) groups is 2. The molecule has 1 aliphatic heterocycles. The monoisotopic (exact) mass is 278 g/mol. The molecule has 6 heteroatoms. The number of phenols is 1. The van der Waals surface area contributed by atoms with Crippen molar-refractivity contribution >= 4 is 11.8 Å². The van der Waals surface area contributed by atoms with Gasteiger partial charge in [0.05, 0.1) is 19.1 Å². The molecule has 1 aromatic rings. The van der Waals surface area contributed by atoms with Gasteiger partial charge in [-0.25, -0.2) is 0 Å². The van der Waals surface area contributed by atoms with Crippen LogP contribution < -0.4 is 10.1 Å². The minimum absolute atomic E-state index is 0.0856. The molecule has 20 heavy (non-hydrogen) atoms. The summed E-state index contributed by atoms with van der Waals surface area (Å²) in [5, 5.41) is 12.7. The molecule has 1 fully saturated rings. The van der Waals surface area contributed by atoms with Crippen molar-refractivity contribution in [3.05, 3.63) is 23.8 Å². The maximum atomic E-state index is 11.7. The fraction of sp³-hybridized carbons (Fsp3) is 0.429. The zero-order valence-electron chi connectivity index (χ0n) is 11.5. The van der Waals surface area contributed by atoms with Gasteiger partial charge in [0.15, 0.2) is 11.5 Å². The van der Waals surface area contributed by atoms with Gasteiger partial charge in [-0.15, -0.1) is 0 Å². The van der Waals surface area contributed by atoms with Crippen LogP contribution in [0, 0.1) is 0 Å². The molecule has 1 heterocycles. The number of likely N-dealkylation sites (N-methyl/N-ethyl adjacent to an activating group) is 1. The second-order valence-electron chi connectivity index (χ2n) is 4.66. The van der Waals surface area contributed by atoms with Crippen LogP contribution in [-0.2, 0) is 16.1 Å². The summed E-state index contributed by atoms with van der Waals surface area (Å²) >= 11 is 0. The Bertz CT molecular complexity index is 530. The third kappa shape index (κ3) is 2.91. The summed E-state index contributed by atoms with van der Waals surface area (Å²) in [7, 11) is 1.49. The maximum Gasteiger partial charge on any atom is 0.246 e. The van der Waals surface area contributed by atoms with E-state index >= 15 is 0 Å². The number of imide groups is 1. The van der Waals surface area contributed by atoms with Crippen LogP contribution in [0.3, 0.4) is 0 Å². The van der Waals surface area contributed by atoms with Crippen LogP contribution in [0.4, 0.5) is 0 Å². The van der Waals surface area contributed by atoms with Crippen LogP contribution in [-0.4, -0.2) is 41.5 Å². The van der Waals surface area contributed by atoms with Crippen LogP contribution in [0.1, 0.15) is 18.9 Å². The van der Waals surface area contributed by atoms with Gasteiger partial charge in [-0.3, -0.25) is 14.5 Å². The quantitative estimate of drug-likeness (QED) is 0.773. The Morgan fingerprint density at radius 2 is 2.20 bits per heavy atom. The highest BCUT2D eigenvalue weighted by atomic mass is 16.5. The van der Waals surface area contributed by atoms with Crippen LogP contribution in [0.15, 0.2) is 18.2 Å². The molecule has 0 bridgehead atoms. The smallest absolute Gasteiger partial charge is 0.246 e. The summed E-state index contributed by atoms with van der Waals surface area (Å²) in [4.78, 5) is 24.3. The van der Waals surface area contributed by atoms with E-state index in [4.69, 9.17) is 4.74 Å². The number of nitrogens with one attached hydrogen (secondary N) is 1. The van der Waals surface area contributed by atoms with Gasteiger partial charge in [-0.1, -0.05) is 6.07 Å². The van der Waals surface area contributed by atoms with E-state index in [0.29, 0.717) is 18.9 Å². The minimum Gasteiger partial charge on any atom is -0.504 e. The van der Waals surface area contributed by atoms with Crippen LogP contribution in [0.2, 0.25) is 0 Å². The van der Waals surface area contributed by atoms with E-state index in [1.54, 1.807) is 18.2 Å². The number of phenolic OH excluding ortho intramolecular Hbond substituents is 1. The zero-order chi connectivity index (χ0) is 14.7. The van der Waals surface area contributed by atoms with E-state index in [1.807, 2.05) is 6.92 Å². The molecular formula is C14H18N2O4. The molecule has 108 valence electrons. The summed E-state index contributed by atoms with van der Waals surface area (Å²) in [6.07, 6.45) is 0.186. The molecule has 0 aromatic heterocycles. The van der Waals surface area contributed by atoms with E-state index in [0.717, 1.165) is 10.5 Å². The van der Waals surface area contributed by atoms with Gasteiger partial charge in [0.1, 0.15) is 0 Å². The normalized spacial score (nSPS) is 18.7. The Balaban J connectivity index is 1.99. The molecule has 0 aliphatic carbocycles. The molecule has 0 radical (unpaired) electrons. The summed E-state index contributed by atoms with van der Waals surface area (Å²) < 4.78 is 5.30. The number of nitrogens with zero attached hydrogens (tertiary/aromatic N) is 1. The average Bonchev–Trinajstić information content (AvgIpc) is 2.67. The first kappa shape index (κ1) is 14.3. The van der Waals surface area contributed by atoms with Crippen molar-refractivity contribution in [1.82, 2.24) is 10.2 Å². The van der Waals surface area contributed by atoms with Crippen LogP contribution in [0.5, 0.6) is 11.5 Å². The number of benzene rings is 1. The molecule has 0 saturated carbocycles.